The lowest BCUT2D eigenvalue weighted by Gasteiger charge is -2.12. The lowest BCUT2D eigenvalue weighted by molar-refractivity contribution is 0.0691. The number of benzene rings is 1. The van der Waals surface area contributed by atoms with E-state index in [0.717, 1.165) is 10.8 Å². The number of hydrogen-bond donors (Lipinski definition) is 3. The molecular weight excluding hydrogens is 244 g/mol. The van der Waals surface area contributed by atoms with Crippen LogP contribution in [-0.4, -0.2) is 33.8 Å². The van der Waals surface area contributed by atoms with Gasteiger partial charge in [-0.3, -0.25) is 0 Å². The summed E-state index contributed by atoms with van der Waals surface area (Å²) in [6, 6.07) is 8.96. The first kappa shape index (κ1) is 13.3. The van der Waals surface area contributed by atoms with Crippen LogP contribution in [0.25, 0.3) is 10.8 Å². The van der Waals surface area contributed by atoms with E-state index in [1.54, 1.807) is 6.07 Å². The van der Waals surface area contributed by atoms with Crippen molar-refractivity contribution in [3.05, 3.63) is 36.0 Å². The molecule has 3 N–H and O–H groups in total. The molecule has 100 valence electrons. The summed E-state index contributed by atoms with van der Waals surface area (Å²) >= 11 is 0. The summed E-state index contributed by atoms with van der Waals surface area (Å²) in [7, 11) is 0. The molecule has 1 aromatic heterocycles. The minimum absolute atomic E-state index is 0.00723. The van der Waals surface area contributed by atoms with Gasteiger partial charge < -0.3 is 15.5 Å². The van der Waals surface area contributed by atoms with E-state index in [2.05, 4.69) is 10.3 Å². The van der Waals surface area contributed by atoms with Gasteiger partial charge >= 0.3 is 5.97 Å². The van der Waals surface area contributed by atoms with Crippen LogP contribution in [0.3, 0.4) is 0 Å². The number of pyridine rings is 1. The Morgan fingerprint density at radius 3 is 2.84 bits per heavy atom. The summed E-state index contributed by atoms with van der Waals surface area (Å²) in [5.41, 5.74) is -0.00723. The number of aromatic carboxylic acids is 1. The standard InChI is InChI=1S/C14H16N2O3/c1-2-10(17)8-15-13-11-6-4-3-5-9(11)7-12(16-13)14(18)19/h3-7,10,17H,2,8H2,1H3,(H,15,16)(H,18,19). The number of carboxylic acids is 1. The SMILES string of the molecule is CCC(O)CNc1nc(C(=O)O)cc2ccccc12. The Labute approximate surface area is 110 Å². The number of nitrogens with zero attached hydrogens (tertiary/aromatic N) is 1. The fourth-order valence-corrected chi connectivity index (χ4v) is 1.80. The molecule has 0 spiro atoms. The van der Waals surface area contributed by atoms with Crippen molar-refractivity contribution in [1.29, 1.82) is 0 Å². The fraction of sp³-hybridized carbons (Fsp3) is 0.286. The molecule has 2 rings (SSSR count). The molecular formula is C14H16N2O3. The first-order valence-corrected chi connectivity index (χ1v) is 6.17. The number of hydrogen-bond acceptors (Lipinski definition) is 4. The Hall–Kier alpha value is -2.14. The molecule has 0 aliphatic heterocycles. The highest BCUT2D eigenvalue weighted by Gasteiger charge is 2.11. The van der Waals surface area contributed by atoms with Crippen molar-refractivity contribution in [1.82, 2.24) is 4.98 Å². The third-order valence-corrected chi connectivity index (χ3v) is 2.94. The van der Waals surface area contributed by atoms with E-state index >= 15 is 0 Å². The number of carbonyl (C=O) groups is 1. The van der Waals surface area contributed by atoms with Gasteiger partial charge in [-0.05, 0) is 17.9 Å². The van der Waals surface area contributed by atoms with Crippen molar-refractivity contribution < 1.29 is 15.0 Å². The minimum Gasteiger partial charge on any atom is -0.477 e. The highest BCUT2D eigenvalue weighted by molar-refractivity contribution is 5.97. The fourth-order valence-electron chi connectivity index (χ4n) is 1.80. The summed E-state index contributed by atoms with van der Waals surface area (Å²) in [6.45, 7) is 2.22. The van der Waals surface area contributed by atoms with Crippen LogP contribution in [0.5, 0.6) is 0 Å². The molecule has 0 amide bonds. The summed E-state index contributed by atoms with van der Waals surface area (Å²) in [6.07, 6.45) is 0.151. The maximum Gasteiger partial charge on any atom is 0.354 e. The highest BCUT2D eigenvalue weighted by atomic mass is 16.4. The monoisotopic (exact) mass is 260 g/mol. The Balaban J connectivity index is 2.41. The topological polar surface area (TPSA) is 82.5 Å². The number of aromatic nitrogens is 1. The molecule has 0 saturated heterocycles. The van der Waals surface area contributed by atoms with Crippen molar-refractivity contribution in [3.63, 3.8) is 0 Å². The van der Waals surface area contributed by atoms with Crippen molar-refractivity contribution in [2.75, 3.05) is 11.9 Å². The quantitative estimate of drug-likeness (QED) is 0.767. The van der Waals surface area contributed by atoms with Gasteiger partial charge in [0.25, 0.3) is 0 Å². The zero-order valence-corrected chi connectivity index (χ0v) is 10.6. The van der Waals surface area contributed by atoms with Gasteiger partial charge in [-0.15, -0.1) is 0 Å². The number of anilines is 1. The normalized spacial score (nSPS) is 12.3. The third kappa shape index (κ3) is 3.00. The maximum absolute atomic E-state index is 11.1. The maximum atomic E-state index is 11.1. The third-order valence-electron chi connectivity index (χ3n) is 2.94. The molecule has 1 aromatic carbocycles. The number of rotatable bonds is 5. The number of aliphatic hydroxyl groups excluding tert-OH is 1. The number of aliphatic hydroxyl groups is 1. The van der Waals surface area contributed by atoms with E-state index < -0.39 is 12.1 Å². The average molecular weight is 260 g/mol. The Bertz CT molecular complexity index is 598. The van der Waals surface area contributed by atoms with Gasteiger partial charge in [-0.2, -0.15) is 0 Å². The number of fused-ring (bicyclic) bond motifs is 1. The van der Waals surface area contributed by atoms with E-state index in [9.17, 15) is 9.90 Å². The van der Waals surface area contributed by atoms with Crippen LogP contribution in [0, 0.1) is 0 Å². The van der Waals surface area contributed by atoms with Crippen LogP contribution in [0.1, 0.15) is 23.8 Å². The predicted octanol–water partition coefficient (Wildman–Crippen LogP) is 2.12. The Morgan fingerprint density at radius 1 is 1.42 bits per heavy atom. The van der Waals surface area contributed by atoms with E-state index in [1.165, 1.54) is 0 Å². The Kier molecular flexibility index (Phi) is 3.97. The van der Waals surface area contributed by atoms with Crippen LogP contribution < -0.4 is 5.32 Å². The molecule has 0 saturated carbocycles. The van der Waals surface area contributed by atoms with Gasteiger partial charge in [-0.25, -0.2) is 9.78 Å². The lowest BCUT2D eigenvalue weighted by Crippen LogP contribution is -2.19. The molecule has 0 bridgehead atoms. The molecule has 2 aromatic rings. The summed E-state index contributed by atoms with van der Waals surface area (Å²) in [5, 5.41) is 23.3. The second-order valence-electron chi connectivity index (χ2n) is 4.33. The van der Waals surface area contributed by atoms with E-state index in [-0.39, 0.29) is 5.69 Å². The van der Waals surface area contributed by atoms with Crippen LogP contribution >= 0.6 is 0 Å². The Morgan fingerprint density at radius 2 is 2.16 bits per heavy atom. The van der Waals surface area contributed by atoms with Gasteiger partial charge in [-0.1, -0.05) is 31.2 Å². The smallest absolute Gasteiger partial charge is 0.354 e. The molecule has 0 fully saturated rings. The highest BCUT2D eigenvalue weighted by Crippen LogP contribution is 2.22. The molecule has 1 unspecified atom stereocenters. The zero-order chi connectivity index (χ0) is 13.8. The number of carboxylic acid groups (broad SMARTS) is 1. The van der Waals surface area contributed by atoms with Crippen LogP contribution in [0.15, 0.2) is 30.3 Å². The van der Waals surface area contributed by atoms with Crippen LogP contribution in [0.4, 0.5) is 5.82 Å². The molecule has 0 aliphatic carbocycles. The first-order valence-electron chi connectivity index (χ1n) is 6.17. The summed E-state index contributed by atoms with van der Waals surface area (Å²) in [5.74, 6) is -0.576. The molecule has 5 nitrogen and oxygen atoms in total. The summed E-state index contributed by atoms with van der Waals surface area (Å²) in [4.78, 5) is 15.1. The van der Waals surface area contributed by atoms with Gasteiger partial charge in [0.15, 0.2) is 5.69 Å². The first-order chi connectivity index (χ1) is 9.11. The predicted molar refractivity (Wildman–Crippen MR) is 73.5 cm³/mol. The lowest BCUT2D eigenvalue weighted by atomic mass is 10.1. The van der Waals surface area contributed by atoms with Crippen molar-refractivity contribution in [2.45, 2.75) is 19.4 Å². The average Bonchev–Trinajstić information content (AvgIpc) is 2.43. The van der Waals surface area contributed by atoms with Crippen molar-refractivity contribution in [3.8, 4) is 0 Å². The van der Waals surface area contributed by atoms with Gasteiger partial charge in [0.1, 0.15) is 5.82 Å². The van der Waals surface area contributed by atoms with Crippen molar-refractivity contribution in [2.24, 2.45) is 0 Å². The van der Waals surface area contributed by atoms with Crippen LogP contribution in [-0.2, 0) is 0 Å². The van der Waals surface area contributed by atoms with Crippen LogP contribution in [0.2, 0.25) is 0 Å². The summed E-state index contributed by atoms with van der Waals surface area (Å²) < 4.78 is 0. The van der Waals surface area contributed by atoms with E-state index in [0.29, 0.717) is 18.8 Å². The van der Waals surface area contributed by atoms with E-state index in [4.69, 9.17) is 5.11 Å². The molecule has 0 radical (unpaired) electrons. The number of nitrogens with one attached hydrogen (secondary N) is 1. The molecule has 5 heteroatoms. The molecule has 0 aliphatic rings. The second-order valence-corrected chi connectivity index (χ2v) is 4.33. The van der Waals surface area contributed by atoms with Crippen molar-refractivity contribution >= 4 is 22.6 Å². The van der Waals surface area contributed by atoms with Gasteiger partial charge in [0.05, 0.1) is 6.10 Å². The van der Waals surface area contributed by atoms with Gasteiger partial charge in [0.2, 0.25) is 0 Å². The second kappa shape index (κ2) is 5.67. The largest absolute Gasteiger partial charge is 0.477 e. The zero-order valence-electron chi connectivity index (χ0n) is 10.6. The molecule has 1 atom stereocenters. The van der Waals surface area contributed by atoms with Gasteiger partial charge in [0, 0.05) is 11.9 Å². The molecule has 19 heavy (non-hydrogen) atoms. The minimum atomic E-state index is -1.06. The molecule has 1 heterocycles. The van der Waals surface area contributed by atoms with E-state index in [1.807, 2.05) is 31.2 Å².